The summed E-state index contributed by atoms with van der Waals surface area (Å²) < 4.78 is 19.2. The van der Waals surface area contributed by atoms with E-state index in [4.69, 9.17) is 4.42 Å². The lowest BCUT2D eigenvalue weighted by atomic mass is 10.1. The molecule has 0 aliphatic heterocycles. The van der Waals surface area contributed by atoms with Gasteiger partial charge in [0.25, 0.3) is 5.91 Å². The first-order chi connectivity index (χ1) is 11.7. The van der Waals surface area contributed by atoms with Gasteiger partial charge in [-0.15, -0.1) is 11.8 Å². The lowest BCUT2D eigenvalue weighted by Crippen LogP contribution is -2.25. The van der Waals surface area contributed by atoms with E-state index in [0.717, 1.165) is 10.6 Å². The van der Waals surface area contributed by atoms with Gasteiger partial charge in [0.2, 0.25) is 0 Å². The van der Waals surface area contributed by atoms with Crippen molar-refractivity contribution in [1.29, 1.82) is 0 Å². The SMILES string of the molecule is O=C(NCCSc1ccccc1)c1ccc(-c2ccccc2F)o1. The lowest BCUT2D eigenvalue weighted by molar-refractivity contribution is 0.0929. The van der Waals surface area contributed by atoms with E-state index >= 15 is 0 Å². The Bertz CT molecular complexity index is 817. The summed E-state index contributed by atoms with van der Waals surface area (Å²) in [4.78, 5) is 13.2. The topological polar surface area (TPSA) is 42.2 Å². The maximum atomic E-state index is 13.7. The average Bonchev–Trinajstić information content (AvgIpc) is 3.10. The Balaban J connectivity index is 1.54. The number of nitrogens with one attached hydrogen (secondary N) is 1. The van der Waals surface area contributed by atoms with Gasteiger partial charge in [0.05, 0.1) is 5.56 Å². The maximum absolute atomic E-state index is 13.7. The molecule has 2 aromatic carbocycles. The standard InChI is InChI=1S/C19H16FNO2S/c20-16-9-5-4-8-15(16)17-10-11-18(23-17)19(22)21-12-13-24-14-6-2-1-3-7-14/h1-11H,12-13H2,(H,21,22). The van der Waals surface area contributed by atoms with Gasteiger partial charge in [-0.05, 0) is 36.4 Å². The molecule has 0 fully saturated rings. The molecule has 5 heteroatoms. The highest BCUT2D eigenvalue weighted by molar-refractivity contribution is 7.99. The normalized spacial score (nSPS) is 10.5. The first kappa shape index (κ1) is 16.3. The number of benzene rings is 2. The Morgan fingerprint density at radius 3 is 2.54 bits per heavy atom. The summed E-state index contributed by atoms with van der Waals surface area (Å²) >= 11 is 1.67. The summed E-state index contributed by atoms with van der Waals surface area (Å²) in [6.45, 7) is 0.522. The van der Waals surface area contributed by atoms with E-state index in [9.17, 15) is 9.18 Å². The molecule has 0 atom stereocenters. The second-order valence-corrected chi connectivity index (χ2v) is 6.23. The predicted octanol–water partition coefficient (Wildman–Crippen LogP) is 4.61. The third-order valence-electron chi connectivity index (χ3n) is 3.37. The second kappa shape index (κ2) is 7.84. The molecule has 0 radical (unpaired) electrons. The summed E-state index contributed by atoms with van der Waals surface area (Å²) in [6.07, 6.45) is 0. The first-order valence-electron chi connectivity index (χ1n) is 7.55. The van der Waals surface area contributed by atoms with Crippen molar-refractivity contribution in [2.75, 3.05) is 12.3 Å². The molecule has 3 aromatic rings. The van der Waals surface area contributed by atoms with Gasteiger partial charge < -0.3 is 9.73 Å². The molecular formula is C19H16FNO2S. The van der Waals surface area contributed by atoms with Gasteiger partial charge in [-0.1, -0.05) is 30.3 Å². The zero-order valence-corrected chi connectivity index (χ0v) is 13.7. The Labute approximate surface area is 143 Å². The summed E-state index contributed by atoms with van der Waals surface area (Å²) in [7, 11) is 0. The Kier molecular flexibility index (Phi) is 5.33. The summed E-state index contributed by atoms with van der Waals surface area (Å²) in [5, 5.41) is 2.80. The van der Waals surface area contributed by atoms with Gasteiger partial charge in [0, 0.05) is 17.2 Å². The van der Waals surface area contributed by atoms with Gasteiger partial charge in [-0.25, -0.2) is 4.39 Å². The molecule has 0 aliphatic rings. The molecule has 0 saturated heterocycles. The number of furan rings is 1. The summed E-state index contributed by atoms with van der Waals surface area (Å²) in [5.74, 6) is 0.607. The van der Waals surface area contributed by atoms with Crippen LogP contribution in [0.3, 0.4) is 0 Å². The number of rotatable bonds is 6. The van der Waals surface area contributed by atoms with E-state index in [1.165, 1.54) is 6.07 Å². The smallest absolute Gasteiger partial charge is 0.287 e. The van der Waals surface area contributed by atoms with E-state index in [-0.39, 0.29) is 17.5 Å². The third kappa shape index (κ3) is 4.06. The average molecular weight is 341 g/mol. The highest BCUT2D eigenvalue weighted by atomic mass is 32.2. The molecular weight excluding hydrogens is 325 g/mol. The van der Waals surface area contributed by atoms with E-state index < -0.39 is 0 Å². The number of thioether (sulfide) groups is 1. The molecule has 3 nitrogen and oxygen atoms in total. The van der Waals surface area contributed by atoms with Gasteiger partial charge >= 0.3 is 0 Å². The molecule has 0 bridgehead atoms. The summed E-state index contributed by atoms with van der Waals surface area (Å²) in [5.41, 5.74) is 0.344. The van der Waals surface area contributed by atoms with E-state index in [0.29, 0.717) is 17.9 Å². The molecule has 1 heterocycles. The Morgan fingerprint density at radius 2 is 1.75 bits per heavy atom. The van der Waals surface area contributed by atoms with Crippen LogP contribution in [0.1, 0.15) is 10.6 Å². The largest absolute Gasteiger partial charge is 0.451 e. The van der Waals surface area contributed by atoms with Crippen molar-refractivity contribution in [1.82, 2.24) is 5.32 Å². The van der Waals surface area contributed by atoms with Crippen LogP contribution < -0.4 is 5.32 Å². The van der Waals surface area contributed by atoms with Crippen molar-refractivity contribution in [3.05, 3.63) is 78.3 Å². The number of carbonyl (C=O) groups is 1. The number of hydrogen-bond acceptors (Lipinski definition) is 3. The van der Waals surface area contributed by atoms with Crippen molar-refractivity contribution in [2.45, 2.75) is 4.90 Å². The van der Waals surface area contributed by atoms with Crippen molar-refractivity contribution in [2.24, 2.45) is 0 Å². The monoisotopic (exact) mass is 341 g/mol. The third-order valence-corrected chi connectivity index (χ3v) is 4.38. The minimum absolute atomic E-state index is 0.179. The molecule has 0 spiro atoms. The first-order valence-corrected chi connectivity index (χ1v) is 8.53. The van der Waals surface area contributed by atoms with Gasteiger partial charge in [0.1, 0.15) is 11.6 Å². The van der Waals surface area contributed by atoms with Crippen LogP contribution in [0.15, 0.2) is 76.0 Å². The molecule has 1 aromatic heterocycles. The highest BCUT2D eigenvalue weighted by Crippen LogP contribution is 2.24. The Morgan fingerprint density at radius 1 is 1.00 bits per heavy atom. The fourth-order valence-electron chi connectivity index (χ4n) is 2.20. The van der Waals surface area contributed by atoms with Crippen LogP contribution in [0.4, 0.5) is 4.39 Å². The second-order valence-electron chi connectivity index (χ2n) is 5.06. The fraction of sp³-hybridized carbons (Fsp3) is 0.105. The van der Waals surface area contributed by atoms with Crippen LogP contribution in [0.2, 0.25) is 0 Å². The van der Waals surface area contributed by atoms with Crippen LogP contribution in [0.25, 0.3) is 11.3 Å². The molecule has 122 valence electrons. The molecule has 24 heavy (non-hydrogen) atoms. The van der Waals surface area contributed by atoms with Gasteiger partial charge in [-0.2, -0.15) is 0 Å². The van der Waals surface area contributed by atoms with Crippen LogP contribution in [-0.2, 0) is 0 Å². The molecule has 3 rings (SSSR count). The highest BCUT2D eigenvalue weighted by Gasteiger charge is 2.13. The quantitative estimate of drug-likeness (QED) is 0.526. The van der Waals surface area contributed by atoms with E-state index in [2.05, 4.69) is 5.32 Å². The number of amides is 1. The fourth-order valence-corrected chi connectivity index (χ4v) is 2.99. The zero-order valence-electron chi connectivity index (χ0n) is 12.9. The van der Waals surface area contributed by atoms with Crippen LogP contribution in [0.5, 0.6) is 0 Å². The molecule has 1 amide bonds. The van der Waals surface area contributed by atoms with Crippen LogP contribution in [-0.4, -0.2) is 18.2 Å². The number of carbonyl (C=O) groups excluding carboxylic acids is 1. The maximum Gasteiger partial charge on any atom is 0.287 e. The summed E-state index contributed by atoms with van der Waals surface area (Å²) in [6, 6.07) is 19.5. The van der Waals surface area contributed by atoms with Gasteiger partial charge in [-0.3, -0.25) is 4.79 Å². The molecule has 0 unspecified atom stereocenters. The molecule has 0 saturated carbocycles. The Hall–Kier alpha value is -2.53. The van der Waals surface area contributed by atoms with Crippen LogP contribution in [0, 0.1) is 5.82 Å². The van der Waals surface area contributed by atoms with E-state index in [1.807, 2.05) is 30.3 Å². The van der Waals surface area contributed by atoms with Crippen molar-refractivity contribution < 1.29 is 13.6 Å². The van der Waals surface area contributed by atoms with Crippen molar-refractivity contribution >= 4 is 17.7 Å². The molecule has 0 aliphatic carbocycles. The number of halogens is 1. The van der Waals surface area contributed by atoms with Gasteiger partial charge in [0.15, 0.2) is 5.76 Å². The zero-order chi connectivity index (χ0) is 16.8. The minimum Gasteiger partial charge on any atom is -0.451 e. The lowest BCUT2D eigenvalue weighted by Gasteiger charge is -2.03. The van der Waals surface area contributed by atoms with Crippen LogP contribution >= 0.6 is 11.8 Å². The predicted molar refractivity (Wildman–Crippen MR) is 93.6 cm³/mol. The van der Waals surface area contributed by atoms with Crippen molar-refractivity contribution in [3.63, 3.8) is 0 Å². The number of hydrogen-bond donors (Lipinski definition) is 1. The molecule has 1 N–H and O–H groups in total. The minimum atomic E-state index is -0.377. The van der Waals surface area contributed by atoms with E-state index in [1.54, 1.807) is 42.1 Å². The van der Waals surface area contributed by atoms with Crippen molar-refractivity contribution in [3.8, 4) is 11.3 Å².